The molecule has 3 atom stereocenters. The van der Waals surface area contributed by atoms with Gasteiger partial charge in [-0.3, -0.25) is 9.59 Å². The molecule has 0 aliphatic carbocycles. The zero-order valence-electron chi connectivity index (χ0n) is 15.1. The Morgan fingerprint density at radius 1 is 1.16 bits per heavy atom. The fourth-order valence-electron chi connectivity index (χ4n) is 4.04. The van der Waals surface area contributed by atoms with Gasteiger partial charge in [-0.15, -0.1) is 0 Å². The molecule has 1 aromatic rings. The van der Waals surface area contributed by atoms with Crippen LogP contribution in [0.1, 0.15) is 44.7 Å². The number of hydrogen-bond acceptors (Lipinski definition) is 3. The Balaban J connectivity index is 1.60. The van der Waals surface area contributed by atoms with E-state index >= 15 is 0 Å². The van der Waals surface area contributed by atoms with Gasteiger partial charge in [0.2, 0.25) is 11.8 Å². The van der Waals surface area contributed by atoms with Gasteiger partial charge < -0.3 is 14.9 Å². The number of benzene rings is 1. The first-order valence-corrected chi connectivity index (χ1v) is 9.28. The lowest BCUT2D eigenvalue weighted by atomic mass is 9.91. The first kappa shape index (κ1) is 17.9. The average molecular weight is 344 g/mol. The topological polar surface area (TPSA) is 60.9 Å². The molecule has 136 valence electrons. The lowest BCUT2D eigenvalue weighted by molar-refractivity contribution is -0.137. The SMILES string of the molecule is CC(O)C1CCN(C(=O)C2CC(=O)N(C(C)c3ccccc3)C2)CC1. The zero-order valence-corrected chi connectivity index (χ0v) is 15.1. The van der Waals surface area contributed by atoms with Gasteiger partial charge in [0.15, 0.2) is 0 Å². The molecule has 0 bridgehead atoms. The summed E-state index contributed by atoms with van der Waals surface area (Å²) in [4.78, 5) is 29.0. The number of hydrogen-bond donors (Lipinski definition) is 1. The van der Waals surface area contributed by atoms with Crippen molar-refractivity contribution in [2.45, 2.75) is 45.3 Å². The molecule has 0 spiro atoms. The molecular weight excluding hydrogens is 316 g/mol. The van der Waals surface area contributed by atoms with Crippen molar-refractivity contribution >= 4 is 11.8 Å². The highest BCUT2D eigenvalue weighted by atomic mass is 16.3. The van der Waals surface area contributed by atoms with Gasteiger partial charge in [0, 0.05) is 26.1 Å². The molecule has 2 saturated heterocycles. The van der Waals surface area contributed by atoms with Crippen molar-refractivity contribution in [3.8, 4) is 0 Å². The van der Waals surface area contributed by atoms with Gasteiger partial charge in [0.05, 0.1) is 18.1 Å². The minimum Gasteiger partial charge on any atom is -0.393 e. The number of rotatable bonds is 4. The van der Waals surface area contributed by atoms with Gasteiger partial charge in [-0.1, -0.05) is 30.3 Å². The molecule has 2 aliphatic rings. The summed E-state index contributed by atoms with van der Waals surface area (Å²) in [5.74, 6) is 0.208. The summed E-state index contributed by atoms with van der Waals surface area (Å²) >= 11 is 0. The standard InChI is InChI=1S/C20H28N2O3/c1-14(16-6-4-3-5-7-16)22-13-18(12-19(22)24)20(25)21-10-8-17(9-11-21)15(2)23/h3-7,14-15,17-18,23H,8-13H2,1-2H3. The molecule has 2 amide bonds. The van der Waals surface area contributed by atoms with E-state index in [2.05, 4.69) is 0 Å². The zero-order chi connectivity index (χ0) is 18.0. The van der Waals surface area contributed by atoms with Crippen molar-refractivity contribution in [3.63, 3.8) is 0 Å². The summed E-state index contributed by atoms with van der Waals surface area (Å²) in [6.45, 7) is 5.72. The number of carbonyl (C=O) groups is 2. The Morgan fingerprint density at radius 2 is 1.80 bits per heavy atom. The van der Waals surface area contributed by atoms with Crippen molar-refractivity contribution in [3.05, 3.63) is 35.9 Å². The lowest BCUT2D eigenvalue weighted by Gasteiger charge is -2.34. The number of nitrogens with zero attached hydrogens (tertiary/aromatic N) is 2. The second-order valence-electron chi connectivity index (χ2n) is 7.44. The summed E-state index contributed by atoms with van der Waals surface area (Å²) in [7, 11) is 0. The van der Waals surface area contributed by atoms with Gasteiger partial charge in [-0.05, 0) is 38.2 Å². The van der Waals surface area contributed by atoms with Crippen molar-refractivity contribution in [1.29, 1.82) is 0 Å². The molecule has 3 unspecified atom stereocenters. The number of carbonyl (C=O) groups excluding carboxylic acids is 2. The van der Waals surface area contributed by atoms with Crippen LogP contribution < -0.4 is 0 Å². The second-order valence-corrected chi connectivity index (χ2v) is 7.44. The predicted octanol–water partition coefficient (Wildman–Crippen LogP) is 2.22. The first-order valence-electron chi connectivity index (χ1n) is 9.28. The fourth-order valence-corrected chi connectivity index (χ4v) is 4.04. The Labute approximate surface area is 149 Å². The molecule has 1 aromatic carbocycles. The van der Waals surface area contributed by atoms with Gasteiger partial charge >= 0.3 is 0 Å². The molecule has 0 aromatic heterocycles. The summed E-state index contributed by atoms with van der Waals surface area (Å²) in [5.41, 5.74) is 1.10. The Kier molecular flexibility index (Phi) is 5.42. The van der Waals surface area contributed by atoms with E-state index < -0.39 is 0 Å². The highest BCUT2D eigenvalue weighted by Gasteiger charge is 2.39. The highest BCUT2D eigenvalue weighted by Crippen LogP contribution is 2.30. The minimum atomic E-state index is -0.312. The van der Waals surface area contributed by atoms with Crippen LogP contribution >= 0.6 is 0 Å². The molecular formula is C20H28N2O3. The minimum absolute atomic E-state index is 0.00697. The Bertz CT molecular complexity index is 609. The van der Waals surface area contributed by atoms with Gasteiger partial charge in [0.25, 0.3) is 0 Å². The molecule has 2 aliphatic heterocycles. The van der Waals surface area contributed by atoms with Crippen LogP contribution in [-0.2, 0) is 9.59 Å². The van der Waals surface area contributed by atoms with E-state index in [1.807, 2.05) is 54.0 Å². The number of piperidine rings is 1. The molecule has 5 nitrogen and oxygen atoms in total. The van der Waals surface area contributed by atoms with Gasteiger partial charge in [-0.25, -0.2) is 0 Å². The van der Waals surface area contributed by atoms with Crippen LogP contribution in [0.15, 0.2) is 30.3 Å². The van der Waals surface area contributed by atoms with E-state index in [0.717, 1.165) is 18.4 Å². The Morgan fingerprint density at radius 3 is 2.40 bits per heavy atom. The second kappa shape index (κ2) is 7.56. The summed E-state index contributed by atoms with van der Waals surface area (Å²) < 4.78 is 0. The third kappa shape index (κ3) is 3.87. The molecule has 5 heteroatoms. The third-order valence-electron chi connectivity index (χ3n) is 5.79. The van der Waals surface area contributed by atoms with Crippen LogP contribution in [0, 0.1) is 11.8 Å². The normalized spacial score (nSPS) is 24.4. The molecule has 3 rings (SSSR count). The summed E-state index contributed by atoms with van der Waals surface area (Å²) in [6.07, 6.45) is 1.68. The molecule has 2 fully saturated rings. The highest BCUT2D eigenvalue weighted by molar-refractivity contribution is 5.89. The smallest absolute Gasteiger partial charge is 0.227 e. The van der Waals surface area contributed by atoms with Crippen LogP contribution in [0.3, 0.4) is 0 Å². The molecule has 1 N–H and O–H groups in total. The number of likely N-dealkylation sites (tertiary alicyclic amines) is 2. The Hall–Kier alpha value is -1.88. The van der Waals surface area contributed by atoms with E-state index in [1.54, 1.807) is 0 Å². The maximum atomic E-state index is 12.8. The third-order valence-corrected chi connectivity index (χ3v) is 5.79. The summed E-state index contributed by atoms with van der Waals surface area (Å²) in [6, 6.07) is 9.95. The van der Waals surface area contributed by atoms with Crippen LogP contribution in [0.25, 0.3) is 0 Å². The van der Waals surface area contributed by atoms with Crippen LogP contribution in [0.5, 0.6) is 0 Å². The average Bonchev–Trinajstić information content (AvgIpc) is 3.03. The van der Waals surface area contributed by atoms with Crippen LogP contribution in [0.2, 0.25) is 0 Å². The number of aliphatic hydroxyl groups is 1. The summed E-state index contributed by atoms with van der Waals surface area (Å²) in [5, 5.41) is 9.70. The molecule has 25 heavy (non-hydrogen) atoms. The molecule has 0 saturated carbocycles. The number of amides is 2. The maximum absolute atomic E-state index is 12.8. The van der Waals surface area contributed by atoms with E-state index in [-0.39, 0.29) is 35.8 Å². The quantitative estimate of drug-likeness (QED) is 0.911. The lowest BCUT2D eigenvalue weighted by Crippen LogP contribution is -2.44. The van der Waals surface area contributed by atoms with E-state index in [0.29, 0.717) is 26.1 Å². The van der Waals surface area contributed by atoms with Crippen molar-refractivity contribution in [2.24, 2.45) is 11.8 Å². The van der Waals surface area contributed by atoms with Crippen molar-refractivity contribution in [1.82, 2.24) is 9.80 Å². The first-order chi connectivity index (χ1) is 12.0. The van der Waals surface area contributed by atoms with Crippen molar-refractivity contribution in [2.75, 3.05) is 19.6 Å². The van der Waals surface area contributed by atoms with Crippen molar-refractivity contribution < 1.29 is 14.7 Å². The van der Waals surface area contributed by atoms with Crippen LogP contribution in [0.4, 0.5) is 0 Å². The largest absolute Gasteiger partial charge is 0.393 e. The van der Waals surface area contributed by atoms with E-state index in [1.165, 1.54) is 0 Å². The van der Waals surface area contributed by atoms with Crippen LogP contribution in [-0.4, -0.2) is 52.5 Å². The predicted molar refractivity (Wildman–Crippen MR) is 95.7 cm³/mol. The fraction of sp³-hybridized carbons (Fsp3) is 0.600. The van der Waals surface area contributed by atoms with E-state index in [9.17, 15) is 14.7 Å². The van der Waals surface area contributed by atoms with E-state index in [4.69, 9.17) is 0 Å². The maximum Gasteiger partial charge on any atom is 0.227 e. The van der Waals surface area contributed by atoms with Gasteiger partial charge in [-0.2, -0.15) is 0 Å². The van der Waals surface area contributed by atoms with Gasteiger partial charge in [0.1, 0.15) is 0 Å². The monoisotopic (exact) mass is 344 g/mol. The molecule has 0 radical (unpaired) electrons. The molecule has 2 heterocycles. The number of aliphatic hydroxyl groups excluding tert-OH is 1.